The van der Waals surface area contributed by atoms with E-state index in [1.54, 1.807) is 0 Å². The Kier molecular flexibility index (Phi) is 6.73. The fraction of sp³-hybridized carbons (Fsp3) is 0.667. The van der Waals surface area contributed by atoms with Crippen LogP contribution in [0.25, 0.3) is 0 Å². The Hall–Kier alpha value is -2.04. The number of anilines is 1. The molecule has 0 spiro atoms. The molecule has 0 aromatic heterocycles. The number of amides is 2. The molecule has 3 fully saturated rings. The minimum Gasteiger partial charge on any atom is -0.368 e. The van der Waals surface area contributed by atoms with Gasteiger partial charge in [0.1, 0.15) is 0 Å². The lowest BCUT2D eigenvalue weighted by Crippen LogP contribution is -2.51. The van der Waals surface area contributed by atoms with E-state index in [9.17, 15) is 9.59 Å². The summed E-state index contributed by atoms with van der Waals surface area (Å²) in [5, 5.41) is 0. The molecule has 1 aromatic rings. The van der Waals surface area contributed by atoms with Crippen LogP contribution >= 0.6 is 0 Å². The van der Waals surface area contributed by atoms with Crippen molar-refractivity contribution in [1.29, 1.82) is 0 Å². The Morgan fingerprint density at radius 1 is 0.621 bits per heavy atom. The molecule has 0 radical (unpaired) electrons. The summed E-state index contributed by atoms with van der Waals surface area (Å²) in [7, 11) is 0. The number of benzene rings is 1. The van der Waals surface area contributed by atoms with Crippen molar-refractivity contribution in [3.8, 4) is 0 Å². The molecule has 1 saturated carbocycles. The lowest BCUT2D eigenvalue weighted by Gasteiger charge is -2.39. The normalized spacial score (nSPS) is 26.1. The quantitative estimate of drug-likeness (QED) is 0.784. The zero-order valence-corrected chi connectivity index (χ0v) is 17.6. The Morgan fingerprint density at radius 3 is 1.62 bits per heavy atom. The average molecular weight is 398 g/mol. The van der Waals surface area contributed by atoms with Crippen LogP contribution in [0.5, 0.6) is 0 Å². The van der Waals surface area contributed by atoms with E-state index in [0.29, 0.717) is 11.8 Å². The van der Waals surface area contributed by atoms with Gasteiger partial charge in [-0.3, -0.25) is 9.59 Å². The highest BCUT2D eigenvalue weighted by Gasteiger charge is 2.34. The molecule has 5 nitrogen and oxygen atoms in total. The molecule has 2 saturated heterocycles. The van der Waals surface area contributed by atoms with Crippen LogP contribution in [0.1, 0.15) is 51.4 Å². The van der Waals surface area contributed by atoms with Crippen molar-refractivity contribution >= 4 is 17.5 Å². The van der Waals surface area contributed by atoms with Crippen molar-refractivity contribution in [1.82, 2.24) is 9.80 Å². The van der Waals surface area contributed by atoms with Gasteiger partial charge in [-0.25, -0.2) is 0 Å². The molecule has 5 heteroatoms. The zero-order chi connectivity index (χ0) is 20.1. The first kappa shape index (κ1) is 20.2. The monoisotopic (exact) mass is 397 g/mol. The van der Waals surface area contributed by atoms with Crippen molar-refractivity contribution in [2.75, 3.05) is 44.2 Å². The summed E-state index contributed by atoms with van der Waals surface area (Å²) in [6, 6.07) is 10.5. The van der Waals surface area contributed by atoms with Crippen LogP contribution in [-0.2, 0) is 9.59 Å². The van der Waals surface area contributed by atoms with Gasteiger partial charge in [-0.1, -0.05) is 31.0 Å². The van der Waals surface area contributed by atoms with E-state index in [1.807, 2.05) is 6.07 Å². The van der Waals surface area contributed by atoms with E-state index in [1.165, 1.54) is 18.5 Å². The predicted molar refractivity (Wildman–Crippen MR) is 116 cm³/mol. The summed E-state index contributed by atoms with van der Waals surface area (Å²) in [6.07, 6.45) is 8.32. The van der Waals surface area contributed by atoms with Gasteiger partial charge in [0.25, 0.3) is 0 Å². The minimum atomic E-state index is 0.117. The maximum absolute atomic E-state index is 13.0. The van der Waals surface area contributed by atoms with Crippen LogP contribution in [0, 0.1) is 11.8 Å². The van der Waals surface area contributed by atoms with Crippen molar-refractivity contribution in [2.24, 2.45) is 11.8 Å². The highest BCUT2D eigenvalue weighted by atomic mass is 16.2. The molecule has 1 aromatic carbocycles. The van der Waals surface area contributed by atoms with Gasteiger partial charge in [-0.15, -0.1) is 0 Å². The molecule has 0 N–H and O–H groups in total. The summed E-state index contributed by atoms with van der Waals surface area (Å²) in [5.74, 6) is 0.936. The van der Waals surface area contributed by atoms with E-state index in [4.69, 9.17) is 0 Å². The van der Waals surface area contributed by atoms with Gasteiger partial charge in [0.05, 0.1) is 0 Å². The smallest absolute Gasteiger partial charge is 0.225 e. The molecule has 2 heterocycles. The second kappa shape index (κ2) is 9.64. The Balaban J connectivity index is 1.23. The molecule has 29 heavy (non-hydrogen) atoms. The van der Waals surface area contributed by atoms with Crippen molar-refractivity contribution < 1.29 is 9.59 Å². The van der Waals surface area contributed by atoms with Gasteiger partial charge in [-0.2, -0.15) is 0 Å². The second-order valence-electron chi connectivity index (χ2n) is 8.94. The summed E-state index contributed by atoms with van der Waals surface area (Å²) >= 11 is 0. The molecule has 4 rings (SSSR count). The topological polar surface area (TPSA) is 43.9 Å². The predicted octanol–water partition coefficient (Wildman–Crippen LogP) is 3.54. The van der Waals surface area contributed by atoms with Crippen LogP contribution in [0.15, 0.2) is 30.3 Å². The summed E-state index contributed by atoms with van der Waals surface area (Å²) in [6.45, 7) is 5.28. The second-order valence-corrected chi connectivity index (χ2v) is 8.94. The molecule has 1 aliphatic carbocycles. The number of carbonyl (C=O) groups excluding carboxylic acids is 2. The fourth-order valence-electron chi connectivity index (χ4n) is 5.22. The van der Waals surface area contributed by atoms with E-state index in [-0.39, 0.29) is 11.8 Å². The molecule has 158 valence electrons. The van der Waals surface area contributed by atoms with Gasteiger partial charge in [-0.05, 0) is 50.7 Å². The number of hydrogen-bond donors (Lipinski definition) is 0. The van der Waals surface area contributed by atoms with E-state index < -0.39 is 0 Å². The van der Waals surface area contributed by atoms with Crippen LogP contribution < -0.4 is 4.90 Å². The van der Waals surface area contributed by atoms with E-state index >= 15 is 0 Å². The Labute approximate surface area is 175 Å². The molecular formula is C24H35N3O2. The number of likely N-dealkylation sites (tertiary alicyclic amines) is 1. The molecule has 2 aliphatic heterocycles. The molecule has 0 unspecified atom stereocenters. The first-order valence-electron chi connectivity index (χ1n) is 11.6. The Bertz CT molecular complexity index is 669. The summed E-state index contributed by atoms with van der Waals surface area (Å²) in [5.41, 5.74) is 1.24. The third-order valence-electron chi connectivity index (χ3n) is 7.06. The van der Waals surface area contributed by atoms with Gasteiger partial charge in [0, 0.05) is 56.8 Å². The van der Waals surface area contributed by atoms with Crippen molar-refractivity contribution in [3.05, 3.63) is 30.3 Å². The molecule has 0 atom stereocenters. The number of piperazine rings is 1. The minimum absolute atomic E-state index is 0.117. The average Bonchev–Trinajstić information content (AvgIpc) is 3.09. The lowest BCUT2D eigenvalue weighted by atomic mass is 9.80. The Morgan fingerprint density at radius 2 is 1.10 bits per heavy atom. The number of hydrogen-bond acceptors (Lipinski definition) is 3. The van der Waals surface area contributed by atoms with Crippen LogP contribution in [0.2, 0.25) is 0 Å². The third-order valence-corrected chi connectivity index (χ3v) is 7.06. The first-order chi connectivity index (χ1) is 14.2. The molecule has 2 amide bonds. The standard InChI is InChI=1S/C24H35N3O2/c28-23(26-14-6-1-2-7-15-26)20-10-12-21(13-11-20)24(29)27-18-16-25(17-19-27)22-8-4-3-5-9-22/h3-5,8-9,20-21H,1-2,6-7,10-19H2. The highest BCUT2D eigenvalue weighted by molar-refractivity contribution is 5.81. The number of para-hydroxylation sites is 1. The number of carbonyl (C=O) groups is 2. The van der Waals surface area contributed by atoms with E-state index in [2.05, 4.69) is 39.0 Å². The van der Waals surface area contributed by atoms with Gasteiger partial charge < -0.3 is 14.7 Å². The van der Waals surface area contributed by atoms with Crippen LogP contribution in [0.3, 0.4) is 0 Å². The van der Waals surface area contributed by atoms with Crippen LogP contribution in [-0.4, -0.2) is 60.9 Å². The molecule has 3 aliphatic rings. The van der Waals surface area contributed by atoms with Crippen molar-refractivity contribution in [2.45, 2.75) is 51.4 Å². The zero-order valence-electron chi connectivity index (χ0n) is 17.6. The highest BCUT2D eigenvalue weighted by Crippen LogP contribution is 2.32. The maximum atomic E-state index is 13.0. The van der Waals surface area contributed by atoms with Crippen LogP contribution in [0.4, 0.5) is 5.69 Å². The molecular weight excluding hydrogens is 362 g/mol. The first-order valence-corrected chi connectivity index (χ1v) is 11.6. The summed E-state index contributed by atoms with van der Waals surface area (Å²) in [4.78, 5) is 32.4. The third kappa shape index (κ3) is 4.93. The SMILES string of the molecule is O=C(C1CCC(C(=O)N2CCN(c3ccccc3)CC2)CC1)N1CCCCCC1. The largest absolute Gasteiger partial charge is 0.368 e. The maximum Gasteiger partial charge on any atom is 0.225 e. The summed E-state index contributed by atoms with van der Waals surface area (Å²) < 4.78 is 0. The number of rotatable bonds is 3. The van der Waals surface area contributed by atoms with Gasteiger partial charge >= 0.3 is 0 Å². The number of nitrogens with zero attached hydrogens (tertiary/aromatic N) is 3. The van der Waals surface area contributed by atoms with Gasteiger partial charge in [0.2, 0.25) is 11.8 Å². The van der Waals surface area contributed by atoms with E-state index in [0.717, 1.165) is 77.8 Å². The van der Waals surface area contributed by atoms with Crippen molar-refractivity contribution in [3.63, 3.8) is 0 Å². The lowest BCUT2D eigenvalue weighted by molar-refractivity contribution is -0.141. The van der Waals surface area contributed by atoms with Gasteiger partial charge in [0.15, 0.2) is 0 Å². The molecule has 0 bridgehead atoms. The fourth-order valence-corrected chi connectivity index (χ4v) is 5.22.